The lowest BCUT2D eigenvalue weighted by Gasteiger charge is -2.15. The number of benzene rings is 2. The summed E-state index contributed by atoms with van der Waals surface area (Å²) in [5.41, 5.74) is 2.94. The fourth-order valence-electron chi connectivity index (χ4n) is 2.92. The van der Waals surface area contributed by atoms with Gasteiger partial charge in [0.05, 0.1) is 12.3 Å². The molecule has 1 unspecified atom stereocenters. The predicted molar refractivity (Wildman–Crippen MR) is 113 cm³/mol. The van der Waals surface area contributed by atoms with Gasteiger partial charge >= 0.3 is 0 Å². The van der Waals surface area contributed by atoms with Crippen LogP contribution < -0.4 is 14.8 Å². The molecule has 4 aromatic rings. The quantitative estimate of drug-likeness (QED) is 0.507. The zero-order valence-corrected chi connectivity index (χ0v) is 16.6. The number of nitrogens with zero attached hydrogens (tertiary/aromatic N) is 4. The number of fused-ring (bicyclic) bond motifs is 1. The molecule has 0 aliphatic carbocycles. The Labute approximate surface area is 173 Å². The molecule has 0 radical (unpaired) electrons. The second-order valence-corrected chi connectivity index (χ2v) is 6.59. The van der Waals surface area contributed by atoms with Crippen LogP contribution in [0.25, 0.3) is 16.9 Å². The van der Waals surface area contributed by atoms with Crippen molar-refractivity contribution in [1.29, 1.82) is 0 Å². The highest BCUT2D eigenvalue weighted by Gasteiger charge is 2.15. The first kappa shape index (κ1) is 19.4. The summed E-state index contributed by atoms with van der Waals surface area (Å²) in [6.07, 6.45) is 0.878. The monoisotopic (exact) mass is 403 g/mol. The highest BCUT2D eigenvalue weighted by molar-refractivity contribution is 5.94. The third kappa shape index (κ3) is 4.38. The van der Waals surface area contributed by atoms with Crippen LogP contribution in [-0.4, -0.2) is 38.4 Å². The lowest BCUT2D eigenvalue weighted by atomic mass is 10.1. The Morgan fingerprint density at radius 1 is 1.10 bits per heavy atom. The van der Waals surface area contributed by atoms with E-state index >= 15 is 0 Å². The van der Waals surface area contributed by atoms with Crippen molar-refractivity contribution in [3.05, 3.63) is 67.0 Å². The third-order valence-corrected chi connectivity index (χ3v) is 4.40. The molecular weight excluding hydrogens is 382 g/mol. The van der Waals surface area contributed by atoms with Gasteiger partial charge < -0.3 is 14.8 Å². The maximum atomic E-state index is 12.6. The molecule has 2 heterocycles. The second-order valence-electron chi connectivity index (χ2n) is 6.59. The summed E-state index contributed by atoms with van der Waals surface area (Å²) in [6, 6.07) is 18.4. The van der Waals surface area contributed by atoms with Crippen molar-refractivity contribution in [2.24, 2.45) is 0 Å². The van der Waals surface area contributed by atoms with E-state index in [4.69, 9.17) is 9.47 Å². The molecule has 0 spiro atoms. The van der Waals surface area contributed by atoms with Crippen LogP contribution in [0.15, 0.2) is 67.0 Å². The molecule has 0 bridgehead atoms. The Kier molecular flexibility index (Phi) is 5.56. The van der Waals surface area contributed by atoms with Crippen LogP contribution in [0.5, 0.6) is 11.5 Å². The Balaban J connectivity index is 1.43. The SMILES string of the molecule is CCOc1ccc(OC(C)C(=O)Nc2cccc(-c3ccc4nncn4n3)c2)cc1. The van der Waals surface area contributed by atoms with Crippen LogP contribution in [0.2, 0.25) is 0 Å². The van der Waals surface area contributed by atoms with Gasteiger partial charge in [-0.05, 0) is 62.4 Å². The summed E-state index contributed by atoms with van der Waals surface area (Å²) in [7, 11) is 0. The maximum Gasteiger partial charge on any atom is 0.265 e. The molecule has 1 N–H and O–H groups in total. The molecule has 0 saturated carbocycles. The van der Waals surface area contributed by atoms with Gasteiger partial charge in [0.25, 0.3) is 5.91 Å². The summed E-state index contributed by atoms with van der Waals surface area (Å²) in [5, 5.41) is 15.2. The van der Waals surface area contributed by atoms with E-state index in [1.54, 1.807) is 29.9 Å². The van der Waals surface area contributed by atoms with Crippen molar-refractivity contribution >= 4 is 17.2 Å². The van der Waals surface area contributed by atoms with Gasteiger partial charge in [-0.3, -0.25) is 4.79 Å². The number of amides is 1. The lowest BCUT2D eigenvalue weighted by Crippen LogP contribution is -2.30. The molecule has 2 aromatic heterocycles. The standard InChI is InChI=1S/C22H21N5O3/c1-3-29-18-7-9-19(10-8-18)30-15(2)22(28)24-17-6-4-5-16(13-17)20-11-12-21-25-23-14-27(21)26-20/h4-15H,3H2,1-2H3,(H,24,28). The minimum atomic E-state index is -0.668. The average molecular weight is 403 g/mol. The number of carbonyl (C=O) groups excluding carboxylic acids is 1. The van der Waals surface area contributed by atoms with Crippen molar-refractivity contribution in [2.45, 2.75) is 20.0 Å². The molecular formula is C22H21N5O3. The number of carbonyl (C=O) groups is 1. The molecule has 1 amide bonds. The average Bonchev–Trinajstić information content (AvgIpc) is 3.23. The number of rotatable bonds is 7. The van der Waals surface area contributed by atoms with Crippen molar-refractivity contribution in [1.82, 2.24) is 19.8 Å². The van der Waals surface area contributed by atoms with E-state index in [2.05, 4.69) is 20.6 Å². The first-order valence-corrected chi connectivity index (χ1v) is 9.60. The molecule has 8 heteroatoms. The lowest BCUT2D eigenvalue weighted by molar-refractivity contribution is -0.122. The van der Waals surface area contributed by atoms with Gasteiger partial charge in [-0.1, -0.05) is 12.1 Å². The smallest absolute Gasteiger partial charge is 0.265 e. The second kappa shape index (κ2) is 8.60. The zero-order valence-electron chi connectivity index (χ0n) is 16.6. The predicted octanol–water partition coefficient (Wildman–Crippen LogP) is 3.60. The molecule has 2 aromatic carbocycles. The van der Waals surface area contributed by atoms with E-state index in [1.165, 1.54) is 0 Å². The number of aromatic nitrogens is 4. The molecule has 30 heavy (non-hydrogen) atoms. The fourth-order valence-corrected chi connectivity index (χ4v) is 2.92. The number of hydrogen-bond donors (Lipinski definition) is 1. The van der Waals surface area contributed by atoms with Gasteiger partial charge in [-0.2, -0.15) is 9.61 Å². The summed E-state index contributed by atoms with van der Waals surface area (Å²) in [4.78, 5) is 12.6. The van der Waals surface area contributed by atoms with E-state index in [0.717, 1.165) is 17.0 Å². The molecule has 0 aliphatic heterocycles. The van der Waals surface area contributed by atoms with Crippen LogP contribution >= 0.6 is 0 Å². The zero-order chi connectivity index (χ0) is 20.9. The summed E-state index contributed by atoms with van der Waals surface area (Å²) >= 11 is 0. The summed E-state index contributed by atoms with van der Waals surface area (Å²) in [5.74, 6) is 1.11. The van der Waals surface area contributed by atoms with Gasteiger partial charge in [0.2, 0.25) is 0 Å². The van der Waals surface area contributed by atoms with Crippen molar-refractivity contribution in [3.63, 3.8) is 0 Å². The van der Waals surface area contributed by atoms with Crippen molar-refractivity contribution in [3.8, 4) is 22.8 Å². The van der Waals surface area contributed by atoms with Crippen molar-refractivity contribution < 1.29 is 14.3 Å². The Morgan fingerprint density at radius 2 is 1.90 bits per heavy atom. The van der Waals surface area contributed by atoms with Gasteiger partial charge in [-0.25, -0.2) is 0 Å². The minimum Gasteiger partial charge on any atom is -0.494 e. The van der Waals surface area contributed by atoms with Crippen LogP contribution in [0.3, 0.4) is 0 Å². The molecule has 0 aliphatic rings. The van der Waals surface area contributed by atoms with Crippen LogP contribution in [0.1, 0.15) is 13.8 Å². The Morgan fingerprint density at radius 3 is 2.70 bits per heavy atom. The first-order valence-electron chi connectivity index (χ1n) is 9.60. The molecule has 4 rings (SSSR count). The normalized spacial score (nSPS) is 11.8. The van der Waals surface area contributed by atoms with E-state index in [-0.39, 0.29) is 5.91 Å². The minimum absolute atomic E-state index is 0.247. The highest BCUT2D eigenvalue weighted by atomic mass is 16.5. The number of nitrogens with one attached hydrogen (secondary N) is 1. The van der Waals surface area contributed by atoms with E-state index in [1.807, 2.05) is 55.5 Å². The van der Waals surface area contributed by atoms with Gasteiger partial charge in [0.15, 0.2) is 11.8 Å². The Hall–Kier alpha value is -3.94. The van der Waals surface area contributed by atoms with E-state index in [9.17, 15) is 4.79 Å². The Bertz CT molecular complexity index is 1160. The molecule has 8 nitrogen and oxygen atoms in total. The first-order chi connectivity index (χ1) is 14.6. The van der Waals surface area contributed by atoms with Gasteiger partial charge in [0.1, 0.15) is 17.8 Å². The van der Waals surface area contributed by atoms with Gasteiger partial charge in [0, 0.05) is 11.3 Å². The summed E-state index contributed by atoms with van der Waals surface area (Å²) in [6.45, 7) is 4.23. The van der Waals surface area contributed by atoms with E-state index in [0.29, 0.717) is 23.7 Å². The fraction of sp³-hybridized carbons (Fsp3) is 0.182. The molecule has 1 atom stereocenters. The number of hydrogen-bond acceptors (Lipinski definition) is 6. The number of anilines is 1. The molecule has 0 fully saturated rings. The van der Waals surface area contributed by atoms with Crippen LogP contribution in [0.4, 0.5) is 5.69 Å². The number of ether oxygens (including phenoxy) is 2. The maximum absolute atomic E-state index is 12.6. The van der Waals surface area contributed by atoms with Crippen LogP contribution in [-0.2, 0) is 4.79 Å². The topological polar surface area (TPSA) is 90.6 Å². The largest absolute Gasteiger partial charge is 0.494 e. The molecule has 0 saturated heterocycles. The highest BCUT2D eigenvalue weighted by Crippen LogP contribution is 2.22. The van der Waals surface area contributed by atoms with Crippen LogP contribution in [0, 0.1) is 0 Å². The third-order valence-electron chi connectivity index (χ3n) is 4.40. The summed E-state index contributed by atoms with van der Waals surface area (Å²) < 4.78 is 12.8. The van der Waals surface area contributed by atoms with Crippen molar-refractivity contribution in [2.75, 3.05) is 11.9 Å². The molecule has 152 valence electrons. The van der Waals surface area contributed by atoms with E-state index < -0.39 is 6.10 Å². The van der Waals surface area contributed by atoms with Gasteiger partial charge in [-0.15, -0.1) is 10.2 Å².